The maximum Gasteiger partial charge on any atom is 0.265 e. The predicted molar refractivity (Wildman–Crippen MR) is 90.3 cm³/mol. The Morgan fingerprint density at radius 3 is 2.67 bits per heavy atom. The summed E-state index contributed by atoms with van der Waals surface area (Å²) in [6.45, 7) is 1.72. The van der Waals surface area contributed by atoms with Crippen LogP contribution in [0.5, 0.6) is 5.88 Å². The standard InChI is InChI=1S/C13H15ClN6O3S/c1-8-7-11(23-2)17-12(16-8)18-13(19-15)20-24(21,22)10-6-4-3-5-9(10)14/h3-7H,15H2,1-2H3,(H2,16,17,18,19,20). The van der Waals surface area contributed by atoms with E-state index in [0.29, 0.717) is 11.6 Å². The second-order valence-corrected chi connectivity index (χ2v) is 6.57. The molecule has 0 aliphatic rings. The van der Waals surface area contributed by atoms with E-state index in [9.17, 15) is 8.42 Å². The second-order valence-electron chi connectivity index (χ2n) is 4.51. The number of benzene rings is 1. The molecule has 0 aliphatic heterocycles. The van der Waals surface area contributed by atoms with Crippen LogP contribution in [-0.2, 0) is 10.0 Å². The van der Waals surface area contributed by atoms with Crippen molar-refractivity contribution >= 4 is 33.5 Å². The van der Waals surface area contributed by atoms with Crippen molar-refractivity contribution in [3.8, 4) is 5.88 Å². The third kappa shape index (κ3) is 4.24. The smallest absolute Gasteiger partial charge is 0.265 e. The van der Waals surface area contributed by atoms with E-state index in [0.717, 1.165) is 0 Å². The van der Waals surface area contributed by atoms with Gasteiger partial charge in [-0.2, -0.15) is 4.98 Å². The lowest BCUT2D eigenvalue weighted by molar-refractivity contribution is 0.397. The molecule has 0 aliphatic carbocycles. The molecule has 11 heteroatoms. The number of nitrogens with one attached hydrogen (secondary N) is 2. The first kappa shape index (κ1) is 17.8. The summed E-state index contributed by atoms with van der Waals surface area (Å²) in [6.07, 6.45) is 0. The van der Waals surface area contributed by atoms with Crippen LogP contribution in [0.15, 0.2) is 40.3 Å². The molecule has 9 nitrogen and oxygen atoms in total. The minimum Gasteiger partial charge on any atom is -0.481 e. The fourth-order valence-electron chi connectivity index (χ4n) is 1.74. The molecule has 0 spiro atoms. The van der Waals surface area contributed by atoms with E-state index >= 15 is 0 Å². The van der Waals surface area contributed by atoms with Gasteiger partial charge in [0.25, 0.3) is 10.0 Å². The molecule has 1 aromatic heterocycles. The number of anilines is 1. The van der Waals surface area contributed by atoms with Gasteiger partial charge in [0.15, 0.2) is 0 Å². The average Bonchev–Trinajstić information content (AvgIpc) is 2.53. The van der Waals surface area contributed by atoms with Crippen molar-refractivity contribution < 1.29 is 13.2 Å². The van der Waals surface area contributed by atoms with E-state index in [1.54, 1.807) is 25.1 Å². The number of sulfonamides is 1. The molecule has 0 saturated heterocycles. The topological polar surface area (TPSA) is 132 Å². The van der Waals surface area contributed by atoms with Gasteiger partial charge in [0.2, 0.25) is 17.8 Å². The van der Waals surface area contributed by atoms with Crippen LogP contribution in [-0.4, -0.2) is 31.5 Å². The molecule has 0 fully saturated rings. The van der Waals surface area contributed by atoms with Gasteiger partial charge in [-0.25, -0.2) is 18.1 Å². The van der Waals surface area contributed by atoms with E-state index in [-0.39, 0.29) is 21.8 Å². The molecule has 1 aromatic carbocycles. The van der Waals surface area contributed by atoms with Crippen molar-refractivity contribution in [2.75, 3.05) is 12.4 Å². The zero-order valence-corrected chi connectivity index (χ0v) is 14.4. The Hall–Kier alpha value is -2.59. The van der Waals surface area contributed by atoms with Gasteiger partial charge in [0.1, 0.15) is 4.90 Å². The number of hydrogen-bond acceptors (Lipinski definition) is 7. The van der Waals surface area contributed by atoms with Crippen LogP contribution in [0.25, 0.3) is 0 Å². The average molecular weight is 371 g/mol. The number of ether oxygens (including phenoxy) is 1. The van der Waals surface area contributed by atoms with Crippen molar-refractivity contribution in [2.24, 2.45) is 10.9 Å². The van der Waals surface area contributed by atoms with Gasteiger partial charge in [-0.1, -0.05) is 23.7 Å². The molecule has 0 unspecified atom stereocenters. The van der Waals surface area contributed by atoms with E-state index in [1.807, 2.05) is 0 Å². The number of halogens is 1. The van der Waals surface area contributed by atoms with Crippen LogP contribution in [0.1, 0.15) is 5.69 Å². The van der Waals surface area contributed by atoms with Gasteiger partial charge >= 0.3 is 0 Å². The highest BCUT2D eigenvalue weighted by molar-refractivity contribution is 7.90. The van der Waals surface area contributed by atoms with E-state index in [2.05, 4.69) is 25.1 Å². The highest BCUT2D eigenvalue weighted by atomic mass is 35.5. The molecule has 128 valence electrons. The van der Waals surface area contributed by atoms with Gasteiger partial charge in [0, 0.05) is 11.8 Å². The fraction of sp³-hybridized carbons (Fsp3) is 0.154. The van der Waals surface area contributed by atoms with Crippen molar-refractivity contribution in [2.45, 2.75) is 11.8 Å². The minimum atomic E-state index is -3.99. The summed E-state index contributed by atoms with van der Waals surface area (Å²) >= 11 is 5.90. The first-order chi connectivity index (χ1) is 11.4. The molecule has 0 saturated carbocycles. The highest BCUT2D eigenvalue weighted by Crippen LogP contribution is 2.20. The largest absolute Gasteiger partial charge is 0.481 e. The Balaban J connectivity index is 2.25. The second kappa shape index (κ2) is 7.32. The monoisotopic (exact) mass is 370 g/mol. The first-order valence-electron chi connectivity index (χ1n) is 6.57. The number of aromatic nitrogens is 2. The SMILES string of the molecule is COc1cc(C)nc(NC(=NN)NS(=O)(=O)c2ccccc2Cl)n1. The first-order valence-corrected chi connectivity index (χ1v) is 8.43. The Labute approximate surface area is 144 Å². The summed E-state index contributed by atoms with van der Waals surface area (Å²) in [4.78, 5) is 8.00. The molecule has 0 amide bonds. The number of aryl methyl sites for hydroxylation is 1. The third-order valence-corrected chi connectivity index (χ3v) is 4.60. The van der Waals surface area contributed by atoms with Crippen LogP contribution in [0, 0.1) is 6.92 Å². The zero-order valence-electron chi connectivity index (χ0n) is 12.8. The molecule has 0 bridgehead atoms. The minimum absolute atomic E-state index is 0.0647. The molecule has 24 heavy (non-hydrogen) atoms. The molecule has 2 rings (SSSR count). The number of nitrogens with two attached hydrogens (primary N) is 1. The molecule has 0 radical (unpaired) electrons. The number of nitrogens with zero attached hydrogens (tertiary/aromatic N) is 3. The van der Waals surface area contributed by atoms with Crippen LogP contribution in [0.4, 0.5) is 5.95 Å². The number of rotatable bonds is 4. The van der Waals surface area contributed by atoms with Gasteiger partial charge in [-0.3, -0.25) is 5.32 Å². The lowest BCUT2D eigenvalue weighted by Crippen LogP contribution is -2.37. The number of methoxy groups -OCH3 is 1. The van der Waals surface area contributed by atoms with Crippen LogP contribution in [0.2, 0.25) is 5.02 Å². The number of hydrogen-bond donors (Lipinski definition) is 3. The highest BCUT2D eigenvalue weighted by Gasteiger charge is 2.20. The fourth-order valence-corrected chi connectivity index (χ4v) is 3.23. The summed E-state index contributed by atoms with van der Waals surface area (Å²) in [5.41, 5.74) is 0.606. The molecule has 0 atom stereocenters. The third-order valence-electron chi connectivity index (χ3n) is 2.76. The van der Waals surface area contributed by atoms with Crippen LogP contribution >= 0.6 is 11.6 Å². The van der Waals surface area contributed by atoms with Crippen LogP contribution < -0.4 is 20.6 Å². The Morgan fingerprint density at radius 1 is 1.33 bits per heavy atom. The van der Waals surface area contributed by atoms with Gasteiger partial charge in [0.05, 0.1) is 12.1 Å². The van der Waals surface area contributed by atoms with Crippen molar-refractivity contribution in [1.29, 1.82) is 0 Å². The Bertz CT molecular complexity index is 872. The lowest BCUT2D eigenvalue weighted by atomic mass is 10.4. The van der Waals surface area contributed by atoms with Crippen molar-refractivity contribution in [1.82, 2.24) is 14.7 Å². The van der Waals surface area contributed by atoms with E-state index in [4.69, 9.17) is 22.2 Å². The number of hydrazone groups is 1. The van der Waals surface area contributed by atoms with Crippen LogP contribution in [0.3, 0.4) is 0 Å². The Morgan fingerprint density at radius 2 is 2.04 bits per heavy atom. The van der Waals surface area contributed by atoms with Crippen molar-refractivity contribution in [3.63, 3.8) is 0 Å². The summed E-state index contributed by atoms with van der Waals surface area (Å²) in [5, 5.41) is 6.00. The summed E-state index contributed by atoms with van der Waals surface area (Å²) in [5.74, 6) is 5.32. The molecule has 1 heterocycles. The lowest BCUT2D eigenvalue weighted by Gasteiger charge is -2.12. The van der Waals surface area contributed by atoms with Gasteiger partial charge in [-0.15, -0.1) is 5.10 Å². The quantitative estimate of drug-likeness (QED) is 0.317. The zero-order chi connectivity index (χ0) is 17.7. The molecular formula is C13H15ClN6O3S. The van der Waals surface area contributed by atoms with Crippen molar-refractivity contribution in [3.05, 3.63) is 41.0 Å². The molecule has 4 N–H and O–H groups in total. The molecular weight excluding hydrogens is 356 g/mol. The van der Waals surface area contributed by atoms with Gasteiger partial charge in [-0.05, 0) is 19.1 Å². The Kier molecular flexibility index (Phi) is 5.42. The summed E-state index contributed by atoms with van der Waals surface area (Å²) in [6, 6.07) is 7.58. The van der Waals surface area contributed by atoms with E-state index in [1.165, 1.54) is 19.2 Å². The normalized spacial score (nSPS) is 11.9. The summed E-state index contributed by atoms with van der Waals surface area (Å²) in [7, 11) is -2.54. The summed E-state index contributed by atoms with van der Waals surface area (Å²) < 4.78 is 31.9. The van der Waals surface area contributed by atoms with E-state index < -0.39 is 10.0 Å². The molecule has 2 aromatic rings. The van der Waals surface area contributed by atoms with Gasteiger partial charge < -0.3 is 10.6 Å². The maximum atomic E-state index is 12.4. The number of guanidine groups is 1. The predicted octanol–water partition coefficient (Wildman–Crippen LogP) is 1.07. The maximum absolute atomic E-state index is 12.4.